The van der Waals surface area contributed by atoms with Gasteiger partial charge < -0.3 is 5.32 Å². The predicted molar refractivity (Wildman–Crippen MR) is 82.9 cm³/mol. The number of halogens is 2. The van der Waals surface area contributed by atoms with Gasteiger partial charge in [-0.2, -0.15) is 0 Å². The molecule has 1 saturated heterocycles. The molecule has 1 aliphatic rings. The molecule has 110 valence electrons. The summed E-state index contributed by atoms with van der Waals surface area (Å²) in [6.07, 6.45) is 0.849. The number of hydrogen-bond donors (Lipinski definition) is 2. The smallest absolute Gasteiger partial charge is 0.242 e. The highest BCUT2D eigenvalue weighted by atomic mass is 79.9. The summed E-state index contributed by atoms with van der Waals surface area (Å²) < 4.78 is 28.7. The van der Waals surface area contributed by atoms with Gasteiger partial charge in [-0.05, 0) is 47.0 Å². The molecule has 1 amide bonds. The molecular weight excluding hydrogens is 412 g/mol. The van der Waals surface area contributed by atoms with Gasteiger partial charge in [-0.25, -0.2) is 13.1 Å². The summed E-state index contributed by atoms with van der Waals surface area (Å²) in [6.45, 7) is 2.21. The van der Waals surface area contributed by atoms with Gasteiger partial charge >= 0.3 is 0 Å². The quantitative estimate of drug-likeness (QED) is 0.778. The van der Waals surface area contributed by atoms with E-state index in [0.717, 1.165) is 10.0 Å². The molecule has 8 heteroatoms. The number of nitrogens with one attached hydrogen (secondary N) is 2. The van der Waals surface area contributed by atoms with Crippen LogP contribution < -0.4 is 10.0 Å². The number of amides is 1. The van der Waals surface area contributed by atoms with Crippen LogP contribution in [0.1, 0.15) is 18.4 Å². The van der Waals surface area contributed by atoms with E-state index >= 15 is 0 Å². The monoisotopic (exact) mass is 424 g/mol. The summed E-state index contributed by atoms with van der Waals surface area (Å²) in [7, 11) is -3.63. The first-order chi connectivity index (χ1) is 9.29. The third kappa shape index (κ3) is 3.60. The minimum Gasteiger partial charge on any atom is -0.355 e. The second-order valence-electron chi connectivity index (χ2n) is 4.69. The molecule has 0 spiro atoms. The van der Waals surface area contributed by atoms with Gasteiger partial charge in [0.05, 0.1) is 4.90 Å². The predicted octanol–water partition coefficient (Wildman–Crippen LogP) is 2.08. The fourth-order valence-electron chi connectivity index (χ4n) is 1.95. The Morgan fingerprint density at radius 1 is 1.30 bits per heavy atom. The van der Waals surface area contributed by atoms with Crippen LogP contribution in [0, 0.1) is 6.92 Å². The SMILES string of the molecule is Cc1cc(Br)c(S(=O)(=O)NC2CCC(=O)NC2)cc1Br. The molecule has 1 aromatic rings. The Bertz CT molecular complexity index is 636. The fourth-order valence-corrected chi connectivity index (χ4v) is 4.90. The summed E-state index contributed by atoms with van der Waals surface area (Å²) >= 11 is 6.62. The molecule has 0 bridgehead atoms. The highest BCUT2D eigenvalue weighted by Crippen LogP contribution is 2.29. The molecule has 5 nitrogen and oxygen atoms in total. The zero-order valence-corrected chi connectivity index (χ0v) is 14.7. The molecule has 0 radical (unpaired) electrons. The van der Waals surface area contributed by atoms with Crippen LogP contribution >= 0.6 is 31.9 Å². The van der Waals surface area contributed by atoms with E-state index in [1.165, 1.54) is 0 Å². The van der Waals surface area contributed by atoms with Crippen molar-refractivity contribution in [3.05, 3.63) is 26.6 Å². The van der Waals surface area contributed by atoms with Gasteiger partial charge in [0.25, 0.3) is 0 Å². The molecule has 20 heavy (non-hydrogen) atoms. The molecule has 1 fully saturated rings. The molecule has 1 aromatic carbocycles. The van der Waals surface area contributed by atoms with E-state index in [4.69, 9.17) is 0 Å². The molecular formula is C12H14Br2N2O3S. The molecule has 1 atom stereocenters. The largest absolute Gasteiger partial charge is 0.355 e. The Hall–Kier alpha value is -0.440. The van der Waals surface area contributed by atoms with Crippen LogP contribution in [0.25, 0.3) is 0 Å². The minimum atomic E-state index is -3.63. The number of sulfonamides is 1. The van der Waals surface area contributed by atoms with Crippen LogP contribution in [0.15, 0.2) is 26.0 Å². The Balaban J connectivity index is 2.22. The van der Waals surface area contributed by atoms with Crippen LogP contribution in [-0.2, 0) is 14.8 Å². The maximum atomic E-state index is 12.4. The third-order valence-corrected chi connectivity index (χ3v) is 6.42. The van der Waals surface area contributed by atoms with Gasteiger partial charge in [0.2, 0.25) is 15.9 Å². The van der Waals surface area contributed by atoms with Gasteiger partial charge in [-0.3, -0.25) is 4.79 Å². The molecule has 2 N–H and O–H groups in total. The zero-order chi connectivity index (χ0) is 14.9. The lowest BCUT2D eigenvalue weighted by Crippen LogP contribution is -2.47. The molecule has 1 aliphatic heterocycles. The van der Waals surface area contributed by atoms with E-state index in [9.17, 15) is 13.2 Å². The first kappa shape index (κ1) is 15.9. The van der Waals surface area contributed by atoms with Crippen molar-refractivity contribution >= 4 is 47.8 Å². The first-order valence-corrected chi connectivity index (χ1v) is 9.11. The average Bonchev–Trinajstić information content (AvgIpc) is 2.36. The summed E-state index contributed by atoms with van der Waals surface area (Å²) in [6, 6.07) is 3.05. The number of hydrogen-bond acceptors (Lipinski definition) is 3. The molecule has 0 aromatic heterocycles. The molecule has 1 unspecified atom stereocenters. The second kappa shape index (κ2) is 6.13. The Kier molecular flexibility index (Phi) is 4.88. The normalized spacial score (nSPS) is 19.8. The van der Waals surface area contributed by atoms with Gasteiger partial charge in [0, 0.05) is 28.0 Å². The lowest BCUT2D eigenvalue weighted by atomic mass is 10.1. The lowest BCUT2D eigenvalue weighted by Gasteiger charge is -2.23. The Morgan fingerprint density at radius 3 is 2.60 bits per heavy atom. The van der Waals surface area contributed by atoms with Crippen molar-refractivity contribution in [2.24, 2.45) is 0 Å². The van der Waals surface area contributed by atoms with Crippen molar-refractivity contribution in [1.29, 1.82) is 0 Å². The molecule has 1 heterocycles. The number of carbonyl (C=O) groups excluding carboxylic acids is 1. The van der Waals surface area contributed by atoms with Crippen LogP contribution in [0.2, 0.25) is 0 Å². The van der Waals surface area contributed by atoms with E-state index < -0.39 is 10.0 Å². The van der Waals surface area contributed by atoms with Gasteiger partial charge in [0.15, 0.2) is 0 Å². The number of benzene rings is 1. The van der Waals surface area contributed by atoms with E-state index in [1.807, 2.05) is 6.92 Å². The summed E-state index contributed by atoms with van der Waals surface area (Å²) in [4.78, 5) is 11.3. The Morgan fingerprint density at radius 2 is 2.00 bits per heavy atom. The maximum absolute atomic E-state index is 12.4. The minimum absolute atomic E-state index is 0.0419. The standard InChI is InChI=1S/C12H14Br2N2O3S/c1-7-4-10(14)11(5-9(7)13)20(18,19)16-8-2-3-12(17)15-6-8/h4-5,8,16H,2-3,6H2,1H3,(H,15,17). The van der Waals surface area contributed by atoms with Gasteiger partial charge in [-0.1, -0.05) is 15.9 Å². The highest BCUT2D eigenvalue weighted by Gasteiger charge is 2.26. The first-order valence-electron chi connectivity index (χ1n) is 6.04. The maximum Gasteiger partial charge on any atom is 0.242 e. The zero-order valence-electron chi connectivity index (χ0n) is 10.7. The van der Waals surface area contributed by atoms with Crippen molar-refractivity contribution in [2.45, 2.75) is 30.7 Å². The van der Waals surface area contributed by atoms with E-state index in [1.54, 1.807) is 12.1 Å². The fraction of sp³-hybridized carbons (Fsp3) is 0.417. The van der Waals surface area contributed by atoms with Crippen LogP contribution in [0.5, 0.6) is 0 Å². The Labute approximate surface area is 134 Å². The van der Waals surface area contributed by atoms with Crippen LogP contribution in [0.3, 0.4) is 0 Å². The molecule has 0 saturated carbocycles. The average molecular weight is 426 g/mol. The lowest BCUT2D eigenvalue weighted by molar-refractivity contribution is -0.122. The van der Waals surface area contributed by atoms with Crippen LogP contribution in [0.4, 0.5) is 0 Å². The van der Waals surface area contributed by atoms with Gasteiger partial charge in [0.1, 0.15) is 0 Å². The van der Waals surface area contributed by atoms with Gasteiger partial charge in [-0.15, -0.1) is 0 Å². The molecule has 0 aliphatic carbocycles. The summed E-state index contributed by atoms with van der Waals surface area (Å²) in [5.74, 6) is -0.0419. The number of aryl methyl sites for hydroxylation is 1. The third-order valence-electron chi connectivity index (χ3n) is 3.09. The summed E-state index contributed by atoms with van der Waals surface area (Å²) in [5, 5.41) is 2.65. The van der Waals surface area contributed by atoms with Crippen molar-refractivity contribution in [3.8, 4) is 0 Å². The highest BCUT2D eigenvalue weighted by molar-refractivity contribution is 9.11. The topological polar surface area (TPSA) is 75.3 Å². The van der Waals surface area contributed by atoms with Crippen molar-refractivity contribution in [2.75, 3.05) is 6.54 Å². The van der Waals surface area contributed by atoms with E-state index in [2.05, 4.69) is 41.9 Å². The number of rotatable bonds is 3. The number of piperidine rings is 1. The van der Waals surface area contributed by atoms with E-state index in [-0.39, 0.29) is 16.8 Å². The van der Waals surface area contributed by atoms with Crippen LogP contribution in [-0.4, -0.2) is 26.9 Å². The van der Waals surface area contributed by atoms with Crippen molar-refractivity contribution in [1.82, 2.24) is 10.0 Å². The van der Waals surface area contributed by atoms with E-state index in [0.29, 0.717) is 23.9 Å². The molecule has 2 rings (SSSR count). The number of carbonyl (C=O) groups is 1. The van der Waals surface area contributed by atoms with Crippen molar-refractivity contribution < 1.29 is 13.2 Å². The summed E-state index contributed by atoms with van der Waals surface area (Å²) in [5.41, 5.74) is 0.945. The van der Waals surface area contributed by atoms with Crippen molar-refractivity contribution in [3.63, 3.8) is 0 Å². The second-order valence-corrected chi connectivity index (χ2v) is 8.08.